The highest BCUT2D eigenvalue weighted by molar-refractivity contribution is 7.17. The molecule has 1 heterocycles. The second-order valence-corrected chi connectivity index (χ2v) is 8.12. The van der Waals surface area contributed by atoms with Crippen molar-refractivity contribution in [3.8, 4) is 5.75 Å². The average molecular weight is 422 g/mol. The molecule has 0 fully saturated rings. The van der Waals surface area contributed by atoms with Gasteiger partial charge in [0.15, 0.2) is 6.61 Å². The van der Waals surface area contributed by atoms with Gasteiger partial charge in [0.2, 0.25) is 0 Å². The van der Waals surface area contributed by atoms with Crippen LogP contribution in [0.3, 0.4) is 0 Å². The van der Waals surface area contributed by atoms with Gasteiger partial charge in [-0.05, 0) is 50.3 Å². The van der Waals surface area contributed by atoms with E-state index in [9.17, 15) is 9.59 Å². The predicted octanol–water partition coefficient (Wildman–Crippen LogP) is 5.25. The van der Waals surface area contributed by atoms with E-state index in [2.05, 4.69) is 5.32 Å². The minimum atomic E-state index is -0.372. The normalized spacial score (nSPS) is 13.8. The van der Waals surface area contributed by atoms with Crippen LogP contribution in [0, 0.1) is 0 Å². The molecule has 28 heavy (non-hydrogen) atoms. The van der Waals surface area contributed by atoms with Gasteiger partial charge in [0, 0.05) is 4.88 Å². The van der Waals surface area contributed by atoms with E-state index >= 15 is 0 Å². The fraction of sp³-hybridized carbons (Fsp3) is 0.429. The molecule has 1 amide bonds. The Morgan fingerprint density at radius 1 is 1.14 bits per heavy atom. The molecule has 0 atom stereocenters. The number of hydrogen-bond donors (Lipinski definition) is 1. The lowest BCUT2D eigenvalue weighted by atomic mass is 9.96. The van der Waals surface area contributed by atoms with Crippen LogP contribution in [0.15, 0.2) is 24.3 Å². The quantitative estimate of drug-likeness (QED) is 0.646. The Morgan fingerprint density at radius 2 is 1.89 bits per heavy atom. The summed E-state index contributed by atoms with van der Waals surface area (Å²) in [5.74, 6) is -0.258. The van der Waals surface area contributed by atoms with E-state index in [-0.39, 0.29) is 18.5 Å². The zero-order valence-electron chi connectivity index (χ0n) is 15.9. The first-order chi connectivity index (χ1) is 13.6. The number of esters is 1. The summed E-state index contributed by atoms with van der Waals surface area (Å²) in [4.78, 5) is 26.2. The number of anilines is 1. The van der Waals surface area contributed by atoms with Crippen LogP contribution in [0.5, 0.6) is 5.75 Å². The molecule has 150 valence electrons. The number of halogens is 1. The predicted molar refractivity (Wildman–Crippen MR) is 112 cm³/mol. The number of hydrogen-bond acceptors (Lipinski definition) is 5. The van der Waals surface area contributed by atoms with E-state index in [1.807, 2.05) is 0 Å². The van der Waals surface area contributed by atoms with Crippen LogP contribution in [0.2, 0.25) is 5.02 Å². The van der Waals surface area contributed by atoms with Crippen LogP contribution in [0.4, 0.5) is 5.00 Å². The average Bonchev–Trinajstić information content (AvgIpc) is 2.97. The molecular weight excluding hydrogens is 398 g/mol. The Bertz CT molecular complexity index is 849. The topological polar surface area (TPSA) is 64.6 Å². The maximum atomic E-state index is 12.6. The van der Waals surface area contributed by atoms with Gasteiger partial charge < -0.3 is 14.8 Å². The van der Waals surface area contributed by atoms with E-state index in [0.717, 1.165) is 37.7 Å². The number of thiophene rings is 1. The summed E-state index contributed by atoms with van der Waals surface area (Å²) >= 11 is 7.53. The molecule has 0 unspecified atom stereocenters. The van der Waals surface area contributed by atoms with Crippen LogP contribution in [0.25, 0.3) is 0 Å². The van der Waals surface area contributed by atoms with Gasteiger partial charge in [-0.15, -0.1) is 11.3 Å². The SMILES string of the molecule is CCOC(=O)c1c(NC(=O)COc2ccccc2Cl)sc2c1CCCCCC2. The van der Waals surface area contributed by atoms with Gasteiger partial charge in [0.25, 0.3) is 5.91 Å². The van der Waals surface area contributed by atoms with E-state index in [1.165, 1.54) is 22.6 Å². The van der Waals surface area contributed by atoms with Crippen LogP contribution >= 0.6 is 22.9 Å². The molecule has 0 spiro atoms. The Labute approximate surface area is 174 Å². The van der Waals surface area contributed by atoms with Crippen molar-refractivity contribution >= 4 is 39.8 Å². The van der Waals surface area contributed by atoms with Gasteiger partial charge in [0.05, 0.1) is 17.2 Å². The van der Waals surface area contributed by atoms with Crippen molar-refractivity contribution in [2.75, 3.05) is 18.5 Å². The number of nitrogens with one attached hydrogen (secondary N) is 1. The van der Waals surface area contributed by atoms with Crippen molar-refractivity contribution in [2.45, 2.75) is 45.4 Å². The highest BCUT2D eigenvalue weighted by atomic mass is 35.5. The summed E-state index contributed by atoms with van der Waals surface area (Å²) in [5, 5.41) is 3.85. The summed E-state index contributed by atoms with van der Waals surface area (Å²) in [6.07, 6.45) is 6.26. The standard InChI is InChI=1S/C21H24ClNO4S/c1-2-26-21(25)19-14-9-5-3-4-6-12-17(14)28-20(19)23-18(24)13-27-16-11-8-7-10-15(16)22/h7-8,10-11H,2-6,9,12-13H2,1H3,(H,23,24). The van der Waals surface area contributed by atoms with Crippen molar-refractivity contribution in [1.82, 2.24) is 0 Å². The molecule has 0 saturated carbocycles. The highest BCUT2D eigenvalue weighted by Gasteiger charge is 2.26. The fourth-order valence-electron chi connectivity index (χ4n) is 3.29. The maximum Gasteiger partial charge on any atom is 0.341 e. The highest BCUT2D eigenvalue weighted by Crippen LogP contribution is 2.37. The lowest BCUT2D eigenvalue weighted by Crippen LogP contribution is -2.21. The number of carbonyl (C=O) groups excluding carboxylic acids is 2. The minimum Gasteiger partial charge on any atom is -0.482 e. The van der Waals surface area contributed by atoms with Crippen LogP contribution in [-0.2, 0) is 22.4 Å². The molecule has 0 bridgehead atoms. The molecule has 3 rings (SSSR count). The molecule has 1 aromatic carbocycles. The van der Waals surface area contributed by atoms with Gasteiger partial charge in [0.1, 0.15) is 10.8 Å². The number of benzene rings is 1. The van der Waals surface area contributed by atoms with Crippen molar-refractivity contribution in [3.05, 3.63) is 45.3 Å². The van der Waals surface area contributed by atoms with Gasteiger partial charge >= 0.3 is 5.97 Å². The van der Waals surface area contributed by atoms with Crippen molar-refractivity contribution in [1.29, 1.82) is 0 Å². The molecule has 0 radical (unpaired) electrons. The maximum absolute atomic E-state index is 12.6. The Balaban J connectivity index is 1.77. The number of carbonyl (C=O) groups is 2. The van der Waals surface area contributed by atoms with Crippen molar-refractivity contribution in [2.24, 2.45) is 0 Å². The summed E-state index contributed by atoms with van der Waals surface area (Å²) < 4.78 is 10.8. The number of para-hydroxylation sites is 1. The number of fused-ring (bicyclic) bond motifs is 1. The van der Waals surface area contributed by atoms with Crippen molar-refractivity contribution < 1.29 is 19.1 Å². The molecule has 1 aliphatic rings. The Morgan fingerprint density at radius 3 is 2.64 bits per heavy atom. The fourth-order valence-corrected chi connectivity index (χ4v) is 4.78. The molecule has 1 N–H and O–H groups in total. The number of ether oxygens (including phenoxy) is 2. The van der Waals surface area contributed by atoms with E-state index in [1.54, 1.807) is 31.2 Å². The summed E-state index contributed by atoms with van der Waals surface area (Å²) in [5.41, 5.74) is 1.54. The molecule has 1 aromatic heterocycles. The minimum absolute atomic E-state index is 0.186. The lowest BCUT2D eigenvalue weighted by molar-refractivity contribution is -0.118. The van der Waals surface area contributed by atoms with Crippen LogP contribution in [-0.4, -0.2) is 25.1 Å². The first-order valence-corrected chi connectivity index (χ1v) is 10.8. The van der Waals surface area contributed by atoms with E-state index in [4.69, 9.17) is 21.1 Å². The van der Waals surface area contributed by atoms with E-state index in [0.29, 0.717) is 27.9 Å². The largest absolute Gasteiger partial charge is 0.482 e. The zero-order chi connectivity index (χ0) is 19.9. The molecule has 1 aliphatic carbocycles. The number of rotatable bonds is 6. The molecule has 5 nitrogen and oxygen atoms in total. The van der Waals surface area contributed by atoms with Gasteiger partial charge in [-0.3, -0.25) is 4.79 Å². The molecule has 0 aliphatic heterocycles. The summed E-state index contributed by atoms with van der Waals surface area (Å²) in [7, 11) is 0. The number of aryl methyl sites for hydroxylation is 1. The molecule has 7 heteroatoms. The van der Waals surface area contributed by atoms with E-state index < -0.39 is 0 Å². The van der Waals surface area contributed by atoms with Crippen molar-refractivity contribution in [3.63, 3.8) is 0 Å². The Kier molecular flexibility index (Phi) is 7.34. The second kappa shape index (κ2) is 9.94. The van der Waals surface area contributed by atoms with Crippen LogP contribution < -0.4 is 10.1 Å². The summed E-state index contributed by atoms with van der Waals surface area (Å²) in [6, 6.07) is 6.99. The van der Waals surface area contributed by atoms with Gasteiger partial charge in [-0.1, -0.05) is 36.6 Å². The third kappa shape index (κ3) is 5.06. The zero-order valence-corrected chi connectivity index (χ0v) is 17.5. The lowest BCUT2D eigenvalue weighted by Gasteiger charge is -2.11. The molecule has 0 saturated heterocycles. The first kappa shape index (κ1) is 20.7. The monoisotopic (exact) mass is 421 g/mol. The van der Waals surface area contributed by atoms with Gasteiger partial charge in [-0.25, -0.2) is 4.79 Å². The number of amides is 1. The first-order valence-electron chi connectivity index (χ1n) is 9.59. The third-order valence-electron chi connectivity index (χ3n) is 4.60. The summed E-state index contributed by atoms with van der Waals surface area (Å²) in [6.45, 7) is 1.89. The van der Waals surface area contributed by atoms with Crippen LogP contribution in [0.1, 0.15) is 53.4 Å². The molecular formula is C21H24ClNO4S. The smallest absolute Gasteiger partial charge is 0.341 e. The molecule has 2 aromatic rings. The van der Waals surface area contributed by atoms with Gasteiger partial charge in [-0.2, -0.15) is 0 Å². The third-order valence-corrected chi connectivity index (χ3v) is 6.12. The Hall–Kier alpha value is -2.05. The second-order valence-electron chi connectivity index (χ2n) is 6.61.